The fourth-order valence-corrected chi connectivity index (χ4v) is 2.68. The minimum atomic E-state index is 0.593. The molecule has 1 aliphatic rings. The summed E-state index contributed by atoms with van der Waals surface area (Å²) in [7, 11) is 3.33. The molecule has 0 saturated carbocycles. The summed E-state index contributed by atoms with van der Waals surface area (Å²) in [5.41, 5.74) is 7.04. The van der Waals surface area contributed by atoms with Crippen molar-refractivity contribution in [2.24, 2.45) is 11.7 Å². The highest BCUT2D eigenvalue weighted by molar-refractivity contribution is 5.56. The molecule has 4 nitrogen and oxygen atoms in total. The van der Waals surface area contributed by atoms with Gasteiger partial charge < -0.3 is 20.1 Å². The molecule has 1 saturated heterocycles. The van der Waals surface area contributed by atoms with E-state index in [4.69, 9.17) is 15.2 Å². The first kappa shape index (κ1) is 14.0. The Morgan fingerprint density at radius 3 is 2.68 bits per heavy atom. The predicted octanol–water partition coefficient (Wildman–Crippen LogP) is 2.27. The molecule has 4 heteroatoms. The number of ether oxygens (including phenoxy) is 2. The zero-order valence-corrected chi connectivity index (χ0v) is 11.9. The molecule has 1 heterocycles. The molecule has 0 radical (unpaired) electrons. The summed E-state index contributed by atoms with van der Waals surface area (Å²) in [6.07, 6.45) is 3.73. The van der Waals surface area contributed by atoms with Gasteiger partial charge in [0.2, 0.25) is 0 Å². The smallest absolute Gasteiger partial charge is 0.162 e. The zero-order valence-electron chi connectivity index (χ0n) is 11.9. The normalized spacial score (nSPS) is 19.9. The van der Waals surface area contributed by atoms with Crippen molar-refractivity contribution in [3.05, 3.63) is 18.2 Å². The number of nitrogens with two attached hydrogens (primary N) is 1. The van der Waals surface area contributed by atoms with E-state index in [9.17, 15) is 0 Å². The third-order valence-electron chi connectivity index (χ3n) is 3.83. The molecule has 0 aromatic heterocycles. The number of hydrogen-bond donors (Lipinski definition) is 1. The second-order valence-corrected chi connectivity index (χ2v) is 5.08. The van der Waals surface area contributed by atoms with Crippen LogP contribution in [-0.4, -0.2) is 33.9 Å². The van der Waals surface area contributed by atoms with Crippen molar-refractivity contribution in [3.63, 3.8) is 0 Å². The van der Waals surface area contributed by atoms with Crippen LogP contribution < -0.4 is 20.1 Å². The lowest BCUT2D eigenvalue weighted by atomic mass is 10.0. The molecule has 1 atom stereocenters. The average Bonchev–Trinajstić information content (AvgIpc) is 2.72. The van der Waals surface area contributed by atoms with Gasteiger partial charge in [0.25, 0.3) is 0 Å². The van der Waals surface area contributed by atoms with Gasteiger partial charge >= 0.3 is 0 Å². The van der Waals surface area contributed by atoms with E-state index in [-0.39, 0.29) is 0 Å². The van der Waals surface area contributed by atoms with Crippen LogP contribution in [0.2, 0.25) is 0 Å². The van der Waals surface area contributed by atoms with Gasteiger partial charge in [0.05, 0.1) is 14.2 Å². The van der Waals surface area contributed by atoms with Crippen LogP contribution >= 0.6 is 0 Å². The van der Waals surface area contributed by atoms with Crippen LogP contribution in [0.5, 0.6) is 11.5 Å². The molecule has 19 heavy (non-hydrogen) atoms. The van der Waals surface area contributed by atoms with E-state index < -0.39 is 0 Å². The molecule has 106 valence electrons. The molecule has 2 N–H and O–H groups in total. The zero-order chi connectivity index (χ0) is 13.7. The van der Waals surface area contributed by atoms with Crippen molar-refractivity contribution in [1.29, 1.82) is 0 Å². The van der Waals surface area contributed by atoms with Crippen molar-refractivity contribution in [2.45, 2.75) is 19.3 Å². The molecule has 0 bridgehead atoms. The Morgan fingerprint density at radius 2 is 2.00 bits per heavy atom. The fourth-order valence-electron chi connectivity index (χ4n) is 2.68. The van der Waals surface area contributed by atoms with E-state index in [0.29, 0.717) is 5.92 Å². The van der Waals surface area contributed by atoms with Crippen LogP contribution in [0.4, 0.5) is 5.69 Å². The second-order valence-electron chi connectivity index (χ2n) is 5.08. The Balaban J connectivity index is 2.19. The van der Waals surface area contributed by atoms with Gasteiger partial charge in [-0.2, -0.15) is 0 Å². The molecular formula is C15H24N2O2. The Morgan fingerprint density at radius 1 is 1.21 bits per heavy atom. The number of nitrogens with zero attached hydrogens (tertiary/aromatic N) is 1. The van der Waals surface area contributed by atoms with E-state index in [1.54, 1.807) is 14.2 Å². The first-order valence-corrected chi connectivity index (χ1v) is 6.95. The Hall–Kier alpha value is -1.42. The SMILES string of the molecule is COc1ccc(N2CCCCC(CN)C2)cc1OC. The van der Waals surface area contributed by atoms with Crippen LogP contribution in [0.3, 0.4) is 0 Å². The maximum atomic E-state index is 5.84. The highest BCUT2D eigenvalue weighted by Crippen LogP contribution is 2.32. The largest absolute Gasteiger partial charge is 0.493 e. The van der Waals surface area contributed by atoms with Crippen molar-refractivity contribution in [1.82, 2.24) is 0 Å². The lowest BCUT2D eigenvalue weighted by Crippen LogP contribution is -2.31. The second kappa shape index (κ2) is 6.66. The first-order chi connectivity index (χ1) is 9.28. The molecule has 1 aliphatic heterocycles. The number of methoxy groups -OCH3 is 2. The topological polar surface area (TPSA) is 47.7 Å². The molecule has 1 aromatic rings. The summed E-state index contributed by atoms with van der Waals surface area (Å²) in [5, 5.41) is 0. The first-order valence-electron chi connectivity index (χ1n) is 6.95. The maximum absolute atomic E-state index is 5.84. The van der Waals surface area contributed by atoms with Gasteiger partial charge in [-0.05, 0) is 37.4 Å². The van der Waals surface area contributed by atoms with Crippen LogP contribution in [0.15, 0.2) is 18.2 Å². The molecule has 1 aromatic carbocycles. The van der Waals surface area contributed by atoms with E-state index in [1.165, 1.54) is 24.9 Å². The van der Waals surface area contributed by atoms with Crippen molar-refractivity contribution in [2.75, 3.05) is 38.8 Å². The summed E-state index contributed by atoms with van der Waals surface area (Å²) in [6.45, 7) is 2.89. The Kier molecular flexibility index (Phi) is 4.91. The number of anilines is 1. The summed E-state index contributed by atoms with van der Waals surface area (Å²) in [5.74, 6) is 2.15. The molecule has 0 spiro atoms. The summed E-state index contributed by atoms with van der Waals surface area (Å²) in [4.78, 5) is 2.41. The molecule has 1 fully saturated rings. The number of rotatable bonds is 4. The maximum Gasteiger partial charge on any atom is 0.162 e. The van der Waals surface area contributed by atoms with Crippen molar-refractivity contribution < 1.29 is 9.47 Å². The van der Waals surface area contributed by atoms with Crippen LogP contribution in [0.1, 0.15) is 19.3 Å². The molecule has 1 unspecified atom stereocenters. The van der Waals surface area contributed by atoms with Crippen LogP contribution in [-0.2, 0) is 0 Å². The van der Waals surface area contributed by atoms with Gasteiger partial charge in [-0.1, -0.05) is 6.42 Å². The lowest BCUT2D eigenvalue weighted by molar-refractivity contribution is 0.355. The highest BCUT2D eigenvalue weighted by atomic mass is 16.5. The van der Waals surface area contributed by atoms with E-state index in [0.717, 1.165) is 31.1 Å². The van der Waals surface area contributed by atoms with Crippen molar-refractivity contribution >= 4 is 5.69 Å². The van der Waals surface area contributed by atoms with Crippen LogP contribution in [0, 0.1) is 5.92 Å². The van der Waals surface area contributed by atoms with E-state index in [2.05, 4.69) is 17.0 Å². The Bertz CT molecular complexity index is 409. The standard InChI is InChI=1S/C15H24N2O2/c1-18-14-7-6-13(9-15(14)19-2)17-8-4-3-5-12(10-16)11-17/h6-7,9,12H,3-5,8,10-11,16H2,1-2H3. The lowest BCUT2D eigenvalue weighted by Gasteiger charge is -2.26. The fraction of sp³-hybridized carbons (Fsp3) is 0.600. The number of benzene rings is 1. The minimum absolute atomic E-state index is 0.593. The van der Waals surface area contributed by atoms with Gasteiger partial charge in [0.1, 0.15) is 0 Å². The summed E-state index contributed by atoms with van der Waals surface area (Å²) in [6, 6.07) is 6.12. The van der Waals surface area contributed by atoms with Gasteiger partial charge in [-0.25, -0.2) is 0 Å². The van der Waals surface area contributed by atoms with E-state index in [1.807, 2.05) is 6.07 Å². The molecule has 0 aliphatic carbocycles. The van der Waals surface area contributed by atoms with Gasteiger partial charge in [0.15, 0.2) is 11.5 Å². The monoisotopic (exact) mass is 264 g/mol. The van der Waals surface area contributed by atoms with E-state index >= 15 is 0 Å². The minimum Gasteiger partial charge on any atom is -0.493 e. The number of hydrogen-bond acceptors (Lipinski definition) is 4. The molecular weight excluding hydrogens is 240 g/mol. The molecule has 0 amide bonds. The summed E-state index contributed by atoms with van der Waals surface area (Å²) >= 11 is 0. The third-order valence-corrected chi connectivity index (χ3v) is 3.83. The quantitative estimate of drug-likeness (QED) is 0.906. The van der Waals surface area contributed by atoms with Crippen LogP contribution in [0.25, 0.3) is 0 Å². The average molecular weight is 264 g/mol. The Labute approximate surface area is 115 Å². The van der Waals surface area contributed by atoms with Gasteiger partial charge in [-0.3, -0.25) is 0 Å². The third kappa shape index (κ3) is 3.32. The highest BCUT2D eigenvalue weighted by Gasteiger charge is 2.18. The summed E-state index contributed by atoms with van der Waals surface area (Å²) < 4.78 is 10.7. The molecule has 2 rings (SSSR count). The van der Waals surface area contributed by atoms with Gasteiger partial charge in [0, 0.05) is 24.8 Å². The van der Waals surface area contributed by atoms with Gasteiger partial charge in [-0.15, -0.1) is 0 Å². The predicted molar refractivity (Wildman–Crippen MR) is 78.2 cm³/mol. The van der Waals surface area contributed by atoms with Crippen molar-refractivity contribution in [3.8, 4) is 11.5 Å².